The summed E-state index contributed by atoms with van der Waals surface area (Å²) in [6.07, 6.45) is 7.87. The summed E-state index contributed by atoms with van der Waals surface area (Å²) in [4.78, 5) is 21.1. The van der Waals surface area contributed by atoms with Crippen molar-refractivity contribution >= 4 is 23.6 Å². The van der Waals surface area contributed by atoms with Gasteiger partial charge in [0, 0.05) is 71.9 Å². The molecule has 2 aromatic rings. The van der Waals surface area contributed by atoms with E-state index in [1.807, 2.05) is 24.3 Å². The Labute approximate surface area is 278 Å². The lowest BCUT2D eigenvalue weighted by molar-refractivity contribution is 0.0852. The molecule has 4 rings (SSSR count). The number of aromatic hydroxyl groups is 2. The molecule has 47 heavy (non-hydrogen) atoms. The van der Waals surface area contributed by atoms with E-state index in [1.165, 1.54) is 14.2 Å². The number of oxime groups is 2. The lowest BCUT2D eigenvalue weighted by Gasteiger charge is -2.31. The number of phenols is 2. The second-order valence-electron chi connectivity index (χ2n) is 11.8. The maximum Gasteiger partial charge on any atom is 0.161 e. The average Bonchev–Trinajstić information content (AvgIpc) is 3.08. The Morgan fingerprint density at radius 1 is 0.660 bits per heavy atom. The highest BCUT2D eigenvalue weighted by molar-refractivity contribution is 6.15. The molecule has 256 valence electrons. The zero-order valence-electron chi connectivity index (χ0n) is 28.2. The maximum absolute atomic E-state index is 10.0. The number of benzene rings is 2. The molecule has 2 N–H and O–H groups in total. The van der Waals surface area contributed by atoms with Crippen LogP contribution in [0.5, 0.6) is 23.0 Å². The normalized spacial score (nSPS) is 17.9. The zero-order valence-corrected chi connectivity index (χ0v) is 28.2. The largest absolute Gasteiger partial charge is 0.504 e. The van der Waals surface area contributed by atoms with Crippen LogP contribution in [-0.2, 0) is 9.68 Å². The molecule has 0 aromatic heterocycles. The van der Waals surface area contributed by atoms with Gasteiger partial charge in [0.05, 0.1) is 25.6 Å². The predicted octanol–water partition coefficient (Wildman–Crippen LogP) is 3.47. The van der Waals surface area contributed by atoms with Crippen LogP contribution in [0.25, 0.3) is 12.2 Å². The third-order valence-corrected chi connectivity index (χ3v) is 8.26. The quantitative estimate of drug-likeness (QED) is 0.159. The van der Waals surface area contributed by atoms with Crippen molar-refractivity contribution in [3.05, 3.63) is 59.7 Å². The van der Waals surface area contributed by atoms with E-state index < -0.39 is 0 Å². The van der Waals surface area contributed by atoms with Crippen LogP contribution in [0.1, 0.15) is 17.5 Å². The molecular weight excluding hydrogens is 600 g/mol. The third kappa shape index (κ3) is 12.2. The fourth-order valence-electron chi connectivity index (χ4n) is 5.15. The van der Waals surface area contributed by atoms with E-state index in [0.29, 0.717) is 42.6 Å². The van der Waals surface area contributed by atoms with Crippen molar-refractivity contribution in [2.24, 2.45) is 10.3 Å². The molecule has 0 radical (unpaired) electrons. The highest BCUT2D eigenvalue weighted by Crippen LogP contribution is 2.28. The van der Waals surface area contributed by atoms with Crippen molar-refractivity contribution in [3.8, 4) is 23.0 Å². The minimum atomic E-state index is 0.0740. The number of piperazine rings is 2. The first-order chi connectivity index (χ1) is 22.8. The highest BCUT2D eigenvalue weighted by Gasteiger charge is 2.15. The molecule has 2 saturated heterocycles. The van der Waals surface area contributed by atoms with Gasteiger partial charge in [-0.05, 0) is 61.6 Å². The molecule has 0 amide bonds. The lowest BCUT2D eigenvalue weighted by Crippen LogP contribution is -2.45. The molecule has 2 aliphatic rings. The lowest BCUT2D eigenvalue weighted by atomic mass is 10.1. The van der Waals surface area contributed by atoms with Gasteiger partial charge in [0.1, 0.15) is 13.2 Å². The van der Waals surface area contributed by atoms with Crippen molar-refractivity contribution < 1.29 is 29.4 Å². The Morgan fingerprint density at radius 3 is 1.45 bits per heavy atom. The Morgan fingerprint density at radius 2 is 1.06 bits per heavy atom. The topological polar surface area (TPSA) is 115 Å². The van der Waals surface area contributed by atoms with Crippen LogP contribution in [0.2, 0.25) is 0 Å². The third-order valence-electron chi connectivity index (χ3n) is 8.26. The summed E-state index contributed by atoms with van der Waals surface area (Å²) < 4.78 is 10.6. The van der Waals surface area contributed by atoms with Gasteiger partial charge in [-0.2, -0.15) is 0 Å². The summed E-state index contributed by atoms with van der Waals surface area (Å²) >= 11 is 0. The molecular formula is C35H50N6O6. The summed E-state index contributed by atoms with van der Waals surface area (Å²) in [5.74, 6) is 0.921. The first-order valence-corrected chi connectivity index (χ1v) is 16.1. The van der Waals surface area contributed by atoms with Crippen LogP contribution < -0.4 is 9.47 Å². The van der Waals surface area contributed by atoms with Crippen molar-refractivity contribution in [3.63, 3.8) is 0 Å². The molecule has 2 aliphatic heterocycles. The molecule has 12 heteroatoms. The van der Waals surface area contributed by atoms with Crippen LogP contribution in [0, 0.1) is 0 Å². The van der Waals surface area contributed by atoms with Crippen molar-refractivity contribution in [2.75, 3.05) is 107 Å². The number of phenolic OH excluding ortho intramolecular Hbond substituents is 2. The average molecular weight is 651 g/mol. The Bertz CT molecular complexity index is 1280. The van der Waals surface area contributed by atoms with Crippen LogP contribution >= 0.6 is 0 Å². The summed E-state index contributed by atoms with van der Waals surface area (Å²) in [7, 11) is 7.32. The smallest absolute Gasteiger partial charge is 0.161 e. The number of allylic oxidation sites excluding steroid dienone is 2. The Hall–Kier alpha value is -4.10. The number of nitrogens with zero attached hydrogens (tertiary/aromatic N) is 6. The molecule has 0 saturated carbocycles. The highest BCUT2D eigenvalue weighted by atomic mass is 16.6. The molecule has 12 nitrogen and oxygen atoms in total. The van der Waals surface area contributed by atoms with Crippen molar-refractivity contribution in [1.29, 1.82) is 0 Å². The summed E-state index contributed by atoms with van der Waals surface area (Å²) in [6, 6.07) is 10.3. The van der Waals surface area contributed by atoms with E-state index >= 15 is 0 Å². The van der Waals surface area contributed by atoms with E-state index in [0.717, 1.165) is 76.6 Å². The van der Waals surface area contributed by atoms with Gasteiger partial charge in [-0.15, -0.1) is 0 Å². The first kappa shape index (κ1) is 35.7. The summed E-state index contributed by atoms with van der Waals surface area (Å²) in [5, 5.41) is 29.1. The van der Waals surface area contributed by atoms with Crippen LogP contribution in [0.3, 0.4) is 0 Å². The maximum atomic E-state index is 10.0. The van der Waals surface area contributed by atoms with Gasteiger partial charge in [-0.3, -0.25) is 9.80 Å². The van der Waals surface area contributed by atoms with Gasteiger partial charge in [-0.1, -0.05) is 34.6 Å². The number of methoxy groups -OCH3 is 2. The van der Waals surface area contributed by atoms with E-state index in [1.54, 1.807) is 36.4 Å². The van der Waals surface area contributed by atoms with E-state index in [2.05, 4.69) is 44.0 Å². The van der Waals surface area contributed by atoms with Crippen LogP contribution in [0.15, 0.2) is 58.9 Å². The van der Waals surface area contributed by atoms with E-state index in [-0.39, 0.29) is 11.5 Å². The Kier molecular flexibility index (Phi) is 14.4. The van der Waals surface area contributed by atoms with Gasteiger partial charge in [0.25, 0.3) is 0 Å². The number of ether oxygens (including phenoxy) is 2. The molecule has 2 fully saturated rings. The van der Waals surface area contributed by atoms with Gasteiger partial charge < -0.3 is 39.2 Å². The van der Waals surface area contributed by atoms with Crippen LogP contribution in [-0.4, -0.2) is 148 Å². The number of likely N-dealkylation sites (N-methyl/N-ethyl adjacent to an activating group) is 2. The number of rotatable bonds is 16. The van der Waals surface area contributed by atoms with Crippen molar-refractivity contribution in [2.45, 2.75) is 6.42 Å². The summed E-state index contributed by atoms with van der Waals surface area (Å²) in [6.45, 7) is 10.7. The molecule has 0 aliphatic carbocycles. The first-order valence-electron chi connectivity index (χ1n) is 16.1. The predicted molar refractivity (Wildman–Crippen MR) is 187 cm³/mol. The Balaban J connectivity index is 1.51. The number of hydrogen-bond acceptors (Lipinski definition) is 12. The van der Waals surface area contributed by atoms with Gasteiger partial charge in [0.2, 0.25) is 0 Å². The molecule has 0 atom stereocenters. The molecule has 2 aromatic carbocycles. The van der Waals surface area contributed by atoms with Crippen molar-refractivity contribution in [1.82, 2.24) is 19.6 Å². The van der Waals surface area contributed by atoms with Gasteiger partial charge in [0.15, 0.2) is 23.0 Å². The molecule has 0 bridgehead atoms. The molecule has 2 heterocycles. The standard InChI is InChI=1S/C35H50N6O6/c1-38-13-17-40(18-14-38)21-23-46-36-30(9-5-28-7-11-32(42)34(25-28)44-3)27-31(10-6-29-8-12-33(43)35(26-29)45-4)37-47-24-22-41-19-15-39(2)16-20-41/h5-12,25-26,42-43H,13-24,27H2,1-4H3/b9-5+,10-6+,36-30+,37-31+. The van der Waals surface area contributed by atoms with Crippen LogP contribution in [0.4, 0.5) is 0 Å². The fourth-order valence-corrected chi connectivity index (χ4v) is 5.15. The minimum absolute atomic E-state index is 0.0740. The van der Waals surface area contributed by atoms with Gasteiger partial charge in [-0.25, -0.2) is 0 Å². The minimum Gasteiger partial charge on any atom is -0.504 e. The second-order valence-corrected chi connectivity index (χ2v) is 11.8. The molecule has 0 unspecified atom stereocenters. The summed E-state index contributed by atoms with van der Waals surface area (Å²) in [5.41, 5.74) is 2.95. The molecule has 0 spiro atoms. The zero-order chi connectivity index (χ0) is 33.4. The van der Waals surface area contributed by atoms with E-state index in [4.69, 9.17) is 19.1 Å². The van der Waals surface area contributed by atoms with Gasteiger partial charge >= 0.3 is 0 Å². The fraction of sp³-hybridized carbons (Fsp3) is 0.486. The van der Waals surface area contributed by atoms with E-state index in [9.17, 15) is 10.2 Å². The SMILES string of the molecule is COc1cc(/C=C/C(CC(/C=C/c2ccc(O)c(OC)c2)=N/OCCN2CCN(C)CC2)=N\OCCN2CCN(C)CC2)ccc1O. The second kappa shape index (κ2) is 18.9. The monoisotopic (exact) mass is 650 g/mol. The number of hydrogen-bond donors (Lipinski definition) is 2.